The lowest BCUT2D eigenvalue weighted by Crippen LogP contribution is -1.93. The molecule has 342 valence electrons. The Morgan fingerprint density at radius 1 is 0.203 bits per heavy atom. The summed E-state index contributed by atoms with van der Waals surface area (Å²) >= 11 is 0. The number of hydrogen-bond acceptors (Lipinski definition) is 2. The zero-order valence-electron chi connectivity index (χ0n) is 40.1. The van der Waals surface area contributed by atoms with Crippen molar-refractivity contribution < 1.29 is 8.83 Å². The van der Waals surface area contributed by atoms with Crippen LogP contribution in [0, 0.1) is 0 Å². The standard InChI is InChI=1S/C72H42O2/c1-2-20-44(21-3-1)64-50-25-6-10-29-54(50)67(55-30-11-7-26-51(55)64)60-41-49-42-61(72-70(59-34-15-17-36-63(59)74-72)66(49)69-58-33-14-16-35-62(58)73-71(60)69)68-56-31-12-8-27-52(56)65(53-28-9-13-32-57(53)68)48-24-18-23-46(40-48)47-38-37-43-19-4-5-22-45(43)39-47/h1-42H. The van der Waals surface area contributed by atoms with Crippen molar-refractivity contribution in [3.8, 4) is 55.6 Å². The van der Waals surface area contributed by atoms with Gasteiger partial charge in [0.1, 0.15) is 22.3 Å². The maximum atomic E-state index is 7.25. The van der Waals surface area contributed by atoms with Crippen molar-refractivity contribution in [3.05, 3.63) is 255 Å². The highest BCUT2D eigenvalue weighted by Gasteiger charge is 2.27. The Morgan fingerprint density at radius 2 is 0.581 bits per heavy atom. The van der Waals surface area contributed by atoms with E-state index in [-0.39, 0.29) is 0 Å². The quantitative estimate of drug-likeness (QED) is 0.161. The largest absolute Gasteiger partial charge is 0.455 e. The fourth-order valence-corrected chi connectivity index (χ4v) is 12.7. The van der Waals surface area contributed by atoms with Crippen LogP contribution in [-0.2, 0) is 0 Å². The summed E-state index contributed by atoms with van der Waals surface area (Å²) < 4.78 is 14.5. The van der Waals surface area contributed by atoms with Crippen molar-refractivity contribution >= 4 is 109 Å². The smallest absolute Gasteiger partial charge is 0.143 e. The minimum atomic E-state index is 0.852. The first-order chi connectivity index (χ1) is 36.7. The lowest BCUT2D eigenvalue weighted by atomic mass is 9.83. The Bertz CT molecular complexity index is 4900. The van der Waals surface area contributed by atoms with Crippen LogP contribution in [0.2, 0.25) is 0 Å². The first kappa shape index (κ1) is 40.9. The monoisotopic (exact) mass is 938 g/mol. The van der Waals surface area contributed by atoms with E-state index in [2.05, 4.69) is 255 Å². The summed E-state index contributed by atoms with van der Waals surface area (Å²) in [6, 6.07) is 92.9. The van der Waals surface area contributed by atoms with Gasteiger partial charge in [0, 0.05) is 49.2 Å². The minimum Gasteiger partial charge on any atom is -0.455 e. The van der Waals surface area contributed by atoms with Crippen LogP contribution in [0.4, 0.5) is 0 Å². The molecule has 0 radical (unpaired) electrons. The molecule has 0 unspecified atom stereocenters. The summed E-state index contributed by atoms with van der Waals surface area (Å²) in [6.07, 6.45) is 0. The third-order valence-electron chi connectivity index (χ3n) is 15.8. The molecule has 0 fully saturated rings. The van der Waals surface area contributed by atoms with E-state index in [9.17, 15) is 0 Å². The molecule has 0 spiro atoms. The molecule has 16 aromatic rings. The minimum absolute atomic E-state index is 0.852. The van der Waals surface area contributed by atoms with Gasteiger partial charge < -0.3 is 8.83 Å². The molecule has 14 aromatic carbocycles. The number of benzene rings is 14. The van der Waals surface area contributed by atoms with Gasteiger partial charge in [-0.3, -0.25) is 0 Å². The maximum absolute atomic E-state index is 7.25. The summed E-state index contributed by atoms with van der Waals surface area (Å²) in [6.45, 7) is 0. The van der Waals surface area contributed by atoms with Gasteiger partial charge in [-0.05, 0) is 129 Å². The second kappa shape index (κ2) is 15.9. The lowest BCUT2D eigenvalue weighted by Gasteiger charge is -2.20. The zero-order valence-corrected chi connectivity index (χ0v) is 40.1. The average Bonchev–Trinajstić information content (AvgIpc) is 4.09. The van der Waals surface area contributed by atoms with Gasteiger partial charge >= 0.3 is 0 Å². The number of fused-ring (bicyclic) bond motifs is 14. The van der Waals surface area contributed by atoms with Crippen molar-refractivity contribution in [3.63, 3.8) is 0 Å². The van der Waals surface area contributed by atoms with Gasteiger partial charge in [0.25, 0.3) is 0 Å². The molecule has 2 heteroatoms. The summed E-state index contributed by atoms with van der Waals surface area (Å²) in [5.74, 6) is 0. The van der Waals surface area contributed by atoms with Crippen LogP contribution < -0.4 is 0 Å². The second-order valence-electron chi connectivity index (χ2n) is 19.7. The Hall–Kier alpha value is -9.76. The lowest BCUT2D eigenvalue weighted by molar-refractivity contribution is 0.670. The highest BCUT2D eigenvalue weighted by molar-refractivity contribution is 6.37. The summed E-state index contributed by atoms with van der Waals surface area (Å²) in [7, 11) is 0. The van der Waals surface area contributed by atoms with E-state index in [0.29, 0.717) is 0 Å². The highest BCUT2D eigenvalue weighted by Crippen LogP contribution is 2.53. The fourth-order valence-electron chi connectivity index (χ4n) is 12.7. The Morgan fingerprint density at radius 3 is 1.09 bits per heavy atom. The van der Waals surface area contributed by atoms with Gasteiger partial charge in [0.15, 0.2) is 0 Å². The number of hydrogen-bond donors (Lipinski definition) is 0. The average molecular weight is 939 g/mol. The predicted molar refractivity (Wildman–Crippen MR) is 313 cm³/mol. The molecule has 0 aliphatic rings. The first-order valence-electron chi connectivity index (χ1n) is 25.5. The third kappa shape index (κ3) is 5.94. The molecule has 0 aliphatic heterocycles. The number of rotatable bonds is 5. The van der Waals surface area contributed by atoms with E-state index < -0.39 is 0 Å². The van der Waals surface area contributed by atoms with Crippen LogP contribution in [0.15, 0.2) is 264 Å². The van der Waals surface area contributed by atoms with Crippen molar-refractivity contribution in [2.45, 2.75) is 0 Å². The third-order valence-corrected chi connectivity index (χ3v) is 15.8. The summed E-state index contributed by atoms with van der Waals surface area (Å²) in [4.78, 5) is 0. The molecule has 0 saturated carbocycles. The predicted octanol–water partition coefficient (Wildman–Crippen LogP) is 20.7. The first-order valence-corrected chi connectivity index (χ1v) is 25.5. The Balaban J connectivity index is 1.04. The van der Waals surface area contributed by atoms with Crippen molar-refractivity contribution in [2.24, 2.45) is 0 Å². The van der Waals surface area contributed by atoms with Gasteiger partial charge in [0.2, 0.25) is 0 Å². The van der Waals surface area contributed by atoms with Crippen molar-refractivity contribution in [1.29, 1.82) is 0 Å². The van der Waals surface area contributed by atoms with E-state index >= 15 is 0 Å². The van der Waals surface area contributed by atoms with Gasteiger partial charge in [-0.15, -0.1) is 0 Å². The molecule has 0 bridgehead atoms. The fraction of sp³-hybridized carbons (Fsp3) is 0. The van der Waals surface area contributed by atoms with E-state index in [1.807, 2.05) is 0 Å². The molecule has 16 rings (SSSR count). The van der Waals surface area contributed by atoms with Crippen LogP contribution in [0.1, 0.15) is 0 Å². The summed E-state index contributed by atoms with van der Waals surface area (Å²) in [5.41, 5.74) is 15.1. The normalized spacial score (nSPS) is 12.1. The zero-order chi connectivity index (χ0) is 48.4. The number of para-hydroxylation sites is 2. The van der Waals surface area contributed by atoms with Crippen LogP contribution in [-0.4, -0.2) is 0 Å². The highest BCUT2D eigenvalue weighted by atomic mass is 16.3. The van der Waals surface area contributed by atoms with Crippen LogP contribution in [0.3, 0.4) is 0 Å². The molecule has 0 N–H and O–H groups in total. The molecule has 0 saturated heterocycles. The Kier molecular flexibility index (Phi) is 8.78. The molecule has 0 atom stereocenters. The topological polar surface area (TPSA) is 26.3 Å². The second-order valence-corrected chi connectivity index (χ2v) is 19.7. The van der Waals surface area contributed by atoms with Crippen LogP contribution in [0.25, 0.3) is 164 Å². The number of furan rings is 2. The van der Waals surface area contributed by atoms with Crippen molar-refractivity contribution in [1.82, 2.24) is 0 Å². The molecule has 0 amide bonds. The van der Waals surface area contributed by atoms with Gasteiger partial charge in [-0.1, -0.05) is 218 Å². The van der Waals surface area contributed by atoms with Crippen molar-refractivity contribution in [2.75, 3.05) is 0 Å². The van der Waals surface area contributed by atoms with E-state index in [4.69, 9.17) is 8.83 Å². The maximum Gasteiger partial charge on any atom is 0.143 e. The molecular weight excluding hydrogens is 897 g/mol. The molecule has 2 nitrogen and oxygen atoms in total. The molecule has 2 aromatic heterocycles. The Labute approximate surface area is 425 Å². The molecule has 0 aliphatic carbocycles. The molecular formula is C72H42O2. The van der Waals surface area contributed by atoms with E-state index in [1.54, 1.807) is 0 Å². The van der Waals surface area contributed by atoms with E-state index in [1.165, 1.54) is 87.2 Å². The molecule has 74 heavy (non-hydrogen) atoms. The van der Waals surface area contributed by atoms with Crippen LogP contribution in [0.5, 0.6) is 0 Å². The van der Waals surface area contributed by atoms with Crippen LogP contribution >= 0.6 is 0 Å². The molecule has 2 heterocycles. The summed E-state index contributed by atoms with van der Waals surface area (Å²) in [5, 5.41) is 18.5. The van der Waals surface area contributed by atoms with Gasteiger partial charge in [-0.25, -0.2) is 0 Å². The van der Waals surface area contributed by atoms with Gasteiger partial charge in [0.05, 0.1) is 0 Å². The SMILES string of the molecule is c1ccc(-c2c3ccccc3c(-c3cc4cc(-c5c6ccccc6c(-c6cccc(-c7ccc8ccccc8c7)c6)c6ccccc56)c5oc6ccccc6c5c4c4c3oc3ccccc34)c3ccccc23)cc1. The van der Waals surface area contributed by atoms with Gasteiger partial charge in [-0.2, -0.15) is 0 Å². The van der Waals surface area contributed by atoms with E-state index in [0.717, 1.165) is 76.9 Å².